The van der Waals surface area contributed by atoms with E-state index in [2.05, 4.69) is 15.5 Å². The zero-order chi connectivity index (χ0) is 24.6. The molecular weight excluding hydrogens is 470 g/mol. The minimum atomic E-state index is -4.44. The standard InChI is InChI=1S/C20H23N5O6S2/c1-12-3-8-15(21)18(19(12)33(29,30)31)32-10-13-4-6-14(7-5-13)24-25-16(20(28)22-2)9-17(27)23-11-26/h3-8,11,16H,9-10,21H2,1-2H3,(H,22,28)(H,23,26,27)(H,29,30,31). The fourth-order valence-electron chi connectivity index (χ4n) is 2.75. The summed E-state index contributed by atoms with van der Waals surface area (Å²) in [6, 6.07) is 8.73. The summed E-state index contributed by atoms with van der Waals surface area (Å²) in [6.07, 6.45) is -0.120. The van der Waals surface area contributed by atoms with Crippen LogP contribution < -0.4 is 16.4 Å². The second-order valence-corrected chi connectivity index (χ2v) is 9.14. The van der Waals surface area contributed by atoms with E-state index in [1.54, 1.807) is 37.3 Å². The predicted octanol–water partition coefficient (Wildman–Crippen LogP) is 1.98. The molecule has 11 nitrogen and oxygen atoms in total. The largest absolute Gasteiger partial charge is 0.398 e. The van der Waals surface area contributed by atoms with E-state index in [0.717, 1.165) is 5.56 Å². The Hall–Kier alpha value is -3.29. The first kappa shape index (κ1) is 26.0. The van der Waals surface area contributed by atoms with Crippen LogP contribution >= 0.6 is 11.8 Å². The van der Waals surface area contributed by atoms with Crippen molar-refractivity contribution in [2.45, 2.75) is 34.9 Å². The monoisotopic (exact) mass is 493 g/mol. The number of hydrogen-bond donors (Lipinski definition) is 4. The van der Waals surface area contributed by atoms with Crippen molar-refractivity contribution in [3.05, 3.63) is 47.5 Å². The van der Waals surface area contributed by atoms with Crippen LogP contribution in [0.3, 0.4) is 0 Å². The van der Waals surface area contributed by atoms with Gasteiger partial charge in [0.15, 0.2) is 6.04 Å². The Morgan fingerprint density at radius 2 is 1.88 bits per heavy atom. The molecule has 0 radical (unpaired) electrons. The van der Waals surface area contributed by atoms with Gasteiger partial charge in [-0.1, -0.05) is 18.2 Å². The maximum Gasteiger partial charge on any atom is 0.295 e. The number of nitrogens with two attached hydrogens (primary N) is 1. The number of nitrogens with zero attached hydrogens (tertiary/aromatic N) is 2. The van der Waals surface area contributed by atoms with Crippen LogP contribution in [0, 0.1) is 6.92 Å². The predicted molar refractivity (Wildman–Crippen MR) is 123 cm³/mol. The third-order valence-electron chi connectivity index (χ3n) is 4.38. The molecule has 2 rings (SSSR count). The van der Waals surface area contributed by atoms with Crippen molar-refractivity contribution in [1.29, 1.82) is 0 Å². The quantitative estimate of drug-likeness (QED) is 0.127. The van der Waals surface area contributed by atoms with Gasteiger partial charge < -0.3 is 11.1 Å². The zero-order valence-corrected chi connectivity index (χ0v) is 19.4. The number of thioether (sulfide) groups is 1. The number of hydrogen-bond acceptors (Lipinski definition) is 9. The molecule has 2 aromatic rings. The van der Waals surface area contributed by atoms with Gasteiger partial charge in [-0.15, -0.1) is 11.8 Å². The second kappa shape index (κ2) is 11.5. The Kier molecular flexibility index (Phi) is 9.08. The molecule has 0 heterocycles. The average Bonchev–Trinajstić information content (AvgIpc) is 2.76. The summed E-state index contributed by atoms with van der Waals surface area (Å²) in [5.41, 5.74) is 7.79. The van der Waals surface area contributed by atoms with Gasteiger partial charge in [0.25, 0.3) is 10.1 Å². The molecule has 0 aromatic heterocycles. The first-order chi connectivity index (χ1) is 15.6. The third kappa shape index (κ3) is 7.37. The summed E-state index contributed by atoms with van der Waals surface area (Å²) in [4.78, 5) is 33.9. The minimum absolute atomic E-state index is 0.211. The summed E-state index contributed by atoms with van der Waals surface area (Å²) in [5, 5.41) is 12.2. The molecule has 3 amide bonds. The van der Waals surface area contributed by atoms with E-state index < -0.39 is 28.0 Å². The summed E-state index contributed by atoms with van der Waals surface area (Å²) in [6.45, 7) is 1.57. The van der Waals surface area contributed by atoms with E-state index in [0.29, 0.717) is 17.0 Å². The lowest BCUT2D eigenvalue weighted by Gasteiger charge is -2.12. The van der Waals surface area contributed by atoms with Crippen LogP contribution in [-0.4, -0.2) is 44.3 Å². The van der Waals surface area contributed by atoms with Crippen LogP contribution in [-0.2, 0) is 30.3 Å². The lowest BCUT2D eigenvalue weighted by atomic mass is 10.2. The van der Waals surface area contributed by atoms with Gasteiger partial charge in [0.1, 0.15) is 4.90 Å². The van der Waals surface area contributed by atoms with E-state index in [1.807, 2.05) is 5.32 Å². The Labute approximate surface area is 195 Å². The lowest BCUT2D eigenvalue weighted by Crippen LogP contribution is -2.35. The highest BCUT2D eigenvalue weighted by Crippen LogP contribution is 2.36. The maximum absolute atomic E-state index is 11.9. The Balaban J connectivity index is 2.13. The Morgan fingerprint density at radius 1 is 1.21 bits per heavy atom. The number of likely N-dealkylation sites (N-methyl/N-ethyl adjacent to an activating group) is 1. The summed E-state index contributed by atoms with van der Waals surface area (Å²) >= 11 is 1.17. The number of azo groups is 1. The summed E-state index contributed by atoms with van der Waals surface area (Å²) < 4.78 is 33.1. The molecule has 0 aliphatic carbocycles. The molecule has 1 unspecified atom stereocenters. The molecule has 13 heteroatoms. The molecule has 2 aromatic carbocycles. The van der Waals surface area contributed by atoms with E-state index >= 15 is 0 Å². The van der Waals surface area contributed by atoms with E-state index in [-0.39, 0.29) is 28.3 Å². The van der Waals surface area contributed by atoms with Crippen molar-refractivity contribution in [3.8, 4) is 0 Å². The first-order valence-corrected chi connectivity index (χ1v) is 11.9. The molecule has 0 aliphatic heterocycles. The van der Waals surface area contributed by atoms with Crippen molar-refractivity contribution in [2.75, 3.05) is 12.8 Å². The number of aryl methyl sites for hydroxylation is 1. The van der Waals surface area contributed by atoms with Crippen LogP contribution in [0.4, 0.5) is 11.4 Å². The molecule has 0 spiro atoms. The Morgan fingerprint density at radius 3 is 2.45 bits per heavy atom. The summed E-state index contributed by atoms with van der Waals surface area (Å²) in [5.74, 6) is -0.830. The highest BCUT2D eigenvalue weighted by molar-refractivity contribution is 7.99. The lowest BCUT2D eigenvalue weighted by molar-refractivity contribution is -0.129. The molecule has 33 heavy (non-hydrogen) atoms. The van der Waals surface area contributed by atoms with Gasteiger partial charge in [0.05, 0.1) is 17.0 Å². The molecule has 0 saturated carbocycles. The van der Waals surface area contributed by atoms with Crippen molar-refractivity contribution in [3.63, 3.8) is 0 Å². The van der Waals surface area contributed by atoms with Crippen LogP contribution in [0.25, 0.3) is 0 Å². The SMILES string of the molecule is CNC(=O)C(CC(=O)NC=O)N=Nc1ccc(CSc2c(N)ccc(C)c2S(=O)(=O)O)cc1. The number of anilines is 1. The zero-order valence-electron chi connectivity index (χ0n) is 17.8. The molecule has 0 aliphatic rings. The smallest absolute Gasteiger partial charge is 0.295 e. The number of carbonyl (C=O) groups excluding carboxylic acids is 3. The van der Waals surface area contributed by atoms with Gasteiger partial charge in [-0.3, -0.25) is 24.3 Å². The number of benzene rings is 2. The van der Waals surface area contributed by atoms with E-state index in [4.69, 9.17) is 5.73 Å². The van der Waals surface area contributed by atoms with Crippen molar-refractivity contribution in [2.24, 2.45) is 10.2 Å². The minimum Gasteiger partial charge on any atom is -0.398 e. The number of amides is 3. The fourth-order valence-corrected chi connectivity index (χ4v) is 5.10. The second-order valence-electron chi connectivity index (χ2n) is 6.80. The first-order valence-electron chi connectivity index (χ1n) is 9.50. The number of rotatable bonds is 10. The van der Waals surface area contributed by atoms with Crippen LogP contribution in [0.5, 0.6) is 0 Å². The fraction of sp³-hybridized carbons (Fsp3) is 0.250. The number of nitrogens with one attached hydrogen (secondary N) is 2. The molecule has 1 atom stereocenters. The number of nitrogen functional groups attached to an aromatic ring is 1. The number of carbonyl (C=O) groups is 3. The molecule has 5 N–H and O–H groups in total. The molecule has 0 bridgehead atoms. The van der Waals surface area contributed by atoms with E-state index in [1.165, 1.54) is 24.9 Å². The van der Waals surface area contributed by atoms with Crippen molar-refractivity contribution >= 4 is 51.5 Å². The molecule has 0 saturated heterocycles. The number of imide groups is 1. The van der Waals surface area contributed by atoms with E-state index in [9.17, 15) is 27.4 Å². The van der Waals surface area contributed by atoms with Gasteiger partial charge in [-0.25, -0.2) is 0 Å². The van der Waals surface area contributed by atoms with Gasteiger partial charge in [0, 0.05) is 18.5 Å². The molecular formula is C20H23N5O6S2. The average molecular weight is 494 g/mol. The van der Waals surface area contributed by atoms with Crippen LogP contribution in [0.1, 0.15) is 17.5 Å². The third-order valence-corrected chi connectivity index (χ3v) is 6.75. The highest BCUT2D eigenvalue weighted by atomic mass is 32.2. The van der Waals surface area contributed by atoms with Gasteiger partial charge in [-0.2, -0.15) is 18.6 Å². The van der Waals surface area contributed by atoms with Crippen molar-refractivity contribution in [1.82, 2.24) is 10.6 Å². The van der Waals surface area contributed by atoms with Gasteiger partial charge >= 0.3 is 0 Å². The highest BCUT2D eigenvalue weighted by Gasteiger charge is 2.22. The van der Waals surface area contributed by atoms with Crippen LogP contribution in [0.15, 0.2) is 56.4 Å². The van der Waals surface area contributed by atoms with Crippen LogP contribution in [0.2, 0.25) is 0 Å². The van der Waals surface area contributed by atoms with Crippen molar-refractivity contribution < 1.29 is 27.4 Å². The van der Waals surface area contributed by atoms with Gasteiger partial charge in [0.2, 0.25) is 18.2 Å². The Bertz CT molecular complexity index is 1170. The molecule has 176 valence electrons. The van der Waals surface area contributed by atoms with Gasteiger partial charge in [-0.05, 0) is 36.2 Å². The normalized spacial score (nSPS) is 12.3. The topological polar surface area (TPSA) is 180 Å². The maximum atomic E-state index is 11.9. The molecule has 0 fully saturated rings. The summed E-state index contributed by atoms with van der Waals surface area (Å²) in [7, 11) is -3.05.